The van der Waals surface area contributed by atoms with Gasteiger partial charge in [-0.2, -0.15) is 8.78 Å². The van der Waals surface area contributed by atoms with Crippen molar-refractivity contribution in [3.05, 3.63) is 52.9 Å². The highest BCUT2D eigenvalue weighted by atomic mass is 32.1. The van der Waals surface area contributed by atoms with E-state index in [1.807, 2.05) is 6.92 Å². The summed E-state index contributed by atoms with van der Waals surface area (Å²) in [4.78, 5) is 17.8. The van der Waals surface area contributed by atoms with Gasteiger partial charge >= 0.3 is 6.61 Å². The van der Waals surface area contributed by atoms with E-state index >= 15 is 0 Å². The van der Waals surface area contributed by atoms with Crippen molar-refractivity contribution < 1.29 is 27.8 Å². The molecule has 30 heavy (non-hydrogen) atoms. The van der Waals surface area contributed by atoms with Crippen LogP contribution in [0.25, 0.3) is 11.3 Å². The van der Waals surface area contributed by atoms with Gasteiger partial charge in [0, 0.05) is 22.1 Å². The zero-order valence-corrected chi connectivity index (χ0v) is 17.4. The highest BCUT2D eigenvalue weighted by Gasteiger charge is 2.15. The number of amides is 1. The zero-order valence-electron chi connectivity index (χ0n) is 16.6. The number of nitrogens with one attached hydrogen (secondary N) is 1. The molecule has 1 N–H and O–H groups in total. The molecule has 0 fully saturated rings. The molecule has 6 nitrogen and oxygen atoms in total. The second kappa shape index (κ2) is 9.53. The minimum Gasteiger partial charge on any atom is -0.497 e. The first kappa shape index (κ1) is 21.5. The summed E-state index contributed by atoms with van der Waals surface area (Å²) in [6.45, 7) is -0.998. The smallest absolute Gasteiger partial charge is 0.387 e. The molecule has 2 aromatic carbocycles. The van der Waals surface area contributed by atoms with Gasteiger partial charge in [-0.25, -0.2) is 4.98 Å². The van der Waals surface area contributed by atoms with Gasteiger partial charge < -0.3 is 19.5 Å². The Morgan fingerprint density at radius 2 is 1.80 bits per heavy atom. The third kappa shape index (κ3) is 5.24. The number of thiazole rings is 1. The molecular formula is C21H20F2N2O4S. The van der Waals surface area contributed by atoms with Crippen molar-refractivity contribution >= 4 is 22.4 Å². The first-order valence-corrected chi connectivity index (χ1v) is 9.74. The minimum absolute atomic E-state index is 0.0728. The van der Waals surface area contributed by atoms with Crippen LogP contribution in [0.1, 0.15) is 10.4 Å². The Labute approximate surface area is 176 Å². The van der Waals surface area contributed by atoms with E-state index in [1.54, 1.807) is 37.4 Å². The van der Waals surface area contributed by atoms with E-state index < -0.39 is 6.61 Å². The highest BCUT2D eigenvalue weighted by molar-refractivity contribution is 7.16. The molecule has 0 aliphatic rings. The van der Waals surface area contributed by atoms with Gasteiger partial charge in [-0.3, -0.25) is 4.79 Å². The fraction of sp³-hybridized carbons (Fsp3) is 0.238. The van der Waals surface area contributed by atoms with E-state index in [9.17, 15) is 13.6 Å². The lowest BCUT2D eigenvalue weighted by Crippen LogP contribution is -2.14. The summed E-state index contributed by atoms with van der Waals surface area (Å²) in [7, 11) is 3.09. The monoisotopic (exact) mass is 434 g/mol. The molecular weight excluding hydrogens is 414 g/mol. The molecule has 1 heterocycles. The van der Waals surface area contributed by atoms with Gasteiger partial charge in [0.2, 0.25) is 5.91 Å². The number of rotatable bonds is 8. The second-order valence-electron chi connectivity index (χ2n) is 6.23. The van der Waals surface area contributed by atoms with Crippen LogP contribution in [0.4, 0.5) is 13.9 Å². The Bertz CT molecular complexity index is 1020. The largest absolute Gasteiger partial charge is 0.497 e. The van der Waals surface area contributed by atoms with Gasteiger partial charge in [-0.15, -0.1) is 11.3 Å². The predicted molar refractivity (Wildman–Crippen MR) is 111 cm³/mol. The maximum atomic E-state index is 12.5. The number of hydrogen-bond acceptors (Lipinski definition) is 6. The molecule has 0 saturated heterocycles. The number of ether oxygens (including phenoxy) is 3. The topological polar surface area (TPSA) is 69.7 Å². The van der Waals surface area contributed by atoms with Crippen molar-refractivity contribution in [3.8, 4) is 28.5 Å². The summed E-state index contributed by atoms with van der Waals surface area (Å²) in [6, 6.07) is 11.5. The number of anilines is 1. The number of hydrogen-bond donors (Lipinski definition) is 1. The molecule has 3 aromatic rings. The van der Waals surface area contributed by atoms with Crippen LogP contribution >= 0.6 is 11.3 Å². The third-order valence-corrected chi connectivity index (χ3v) is 5.13. The molecule has 0 spiro atoms. The molecule has 0 radical (unpaired) electrons. The normalized spacial score (nSPS) is 10.7. The van der Waals surface area contributed by atoms with Gasteiger partial charge in [-0.05, 0) is 37.3 Å². The van der Waals surface area contributed by atoms with Crippen LogP contribution in [0.3, 0.4) is 0 Å². The zero-order chi connectivity index (χ0) is 21.7. The van der Waals surface area contributed by atoms with Gasteiger partial charge in [0.05, 0.1) is 26.3 Å². The van der Waals surface area contributed by atoms with Gasteiger partial charge in [0.15, 0.2) is 5.13 Å². The average Bonchev–Trinajstić information content (AvgIpc) is 3.08. The van der Waals surface area contributed by atoms with Gasteiger partial charge in [0.1, 0.15) is 17.2 Å². The number of aryl methyl sites for hydroxylation is 1. The number of aromatic nitrogens is 1. The van der Waals surface area contributed by atoms with Gasteiger partial charge in [-0.1, -0.05) is 6.07 Å². The molecule has 0 bridgehead atoms. The van der Waals surface area contributed by atoms with Crippen molar-refractivity contribution in [2.45, 2.75) is 20.0 Å². The summed E-state index contributed by atoms with van der Waals surface area (Å²) in [6.07, 6.45) is 0.112. The van der Waals surface area contributed by atoms with Crippen molar-refractivity contribution in [2.75, 3.05) is 19.5 Å². The van der Waals surface area contributed by atoms with Crippen LogP contribution in [0.15, 0.2) is 42.5 Å². The summed E-state index contributed by atoms with van der Waals surface area (Å²) >= 11 is 1.33. The number of alkyl halides is 2. The maximum Gasteiger partial charge on any atom is 0.387 e. The number of carbonyl (C=O) groups is 1. The fourth-order valence-corrected chi connectivity index (χ4v) is 3.70. The Hall–Kier alpha value is -3.20. The second-order valence-corrected chi connectivity index (χ2v) is 7.43. The Morgan fingerprint density at radius 1 is 1.10 bits per heavy atom. The first-order valence-electron chi connectivity index (χ1n) is 8.93. The number of halogens is 2. The summed E-state index contributed by atoms with van der Waals surface area (Å²) in [5.41, 5.74) is 2.13. The summed E-state index contributed by atoms with van der Waals surface area (Å²) in [5.74, 6) is 1.04. The van der Waals surface area contributed by atoms with E-state index in [1.165, 1.54) is 30.6 Å². The number of carbonyl (C=O) groups excluding carboxylic acids is 1. The van der Waals surface area contributed by atoms with Crippen LogP contribution < -0.4 is 19.5 Å². The Balaban J connectivity index is 1.70. The standard InChI is InChI=1S/C21H20F2N2O4S/c1-12-19(13-4-7-15(8-5-13)29-20(22)23)25-21(30-12)24-18(26)10-14-6-9-16(27-2)11-17(14)28-3/h4-9,11,20H,10H2,1-3H3,(H,24,25,26). The SMILES string of the molecule is COc1ccc(CC(=O)Nc2nc(-c3ccc(OC(F)F)cc3)c(C)s2)c(OC)c1. The van der Waals surface area contributed by atoms with Crippen LogP contribution in [-0.4, -0.2) is 31.7 Å². The van der Waals surface area contributed by atoms with Crippen molar-refractivity contribution in [1.82, 2.24) is 4.98 Å². The fourth-order valence-electron chi connectivity index (χ4n) is 2.85. The van der Waals surface area contributed by atoms with E-state index in [2.05, 4.69) is 15.0 Å². The van der Waals surface area contributed by atoms with Crippen molar-refractivity contribution in [1.29, 1.82) is 0 Å². The first-order chi connectivity index (χ1) is 14.4. The molecule has 0 aliphatic heterocycles. The predicted octanol–water partition coefficient (Wildman–Crippen LogP) is 4.92. The minimum atomic E-state index is -2.87. The Morgan fingerprint density at radius 3 is 2.43 bits per heavy atom. The number of methoxy groups -OCH3 is 2. The van der Waals surface area contributed by atoms with Crippen LogP contribution in [0, 0.1) is 6.92 Å². The molecule has 0 unspecified atom stereocenters. The maximum absolute atomic E-state index is 12.5. The van der Waals surface area contributed by atoms with E-state index in [0.29, 0.717) is 22.3 Å². The third-order valence-electron chi connectivity index (χ3n) is 4.24. The summed E-state index contributed by atoms with van der Waals surface area (Å²) < 4.78 is 39.4. The molecule has 0 aliphatic carbocycles. The van der Waals surface area contributed by atoms with E-state index in [0.717, 1.165) is 16.0 Å². The lowest BCUT2D eigenvalue weighted by Gasteiger charge is -2.10. The lowest BCUT2D eigenvalue weighted by molar-refractivity contribution is -0.115. The number of benzene rings is 2. The molecule has 9 heteroatoms. The van der Waals surface area contributed by atoms with Crippen molar-refractivity contribution in [3.63, 3.8) is 0 Å². The summed E-state index contributed by atoms with van der Waals surface area (Å²) in [5, 5.41) is 3.25. The van der Waals surface area contributed by atoms with Crippen LogP contribution in [-0.2, 0) is 11.2 Å². The Kier molecular flexibility index (Phi) is 6.83. The highest BCUT2D eigenvalue weighted by Crippen LogP contribution is 2.32. The molecule has 0 saturated carbocycles. The molecule has 3 rings (SSSR count). The molecule has 1 amide bonds. The van der Waals surface area contributed by atoms with Gasteiger partial charge in [0.25, 0.3) is 0 Å². The van der Waals surface area contributed by atoms with Crippen LogP contribution in [0.5, 0.6) is 17.2 Å². The molecule has 0 atom stereocenters. The van der Waals surface area contributed by atoms with E-state index in [4.69, 9.17) is 9.47 Å². The van der Waals surface area contributed by atoms with E-state index in [-0.39, 0.29) is 18.1 Å². The molecule has 158 valence electrons. The van der Waals surface area contributed by atoms with Crippen molar-refractivity contribution in [2.24, 2.45) is 0 Å². The molecule has 1 aromatic heterocycles. The lowest BCUT2D eigenvalue weighted by atomic mass is 10.1. The average molecular weight is 434 g/mol. The van der Waals surface area contributed by atoms with Crippen LogP contribution in [0.2, 0.25) is 0 Å². The quantitative estimate of drug-likeness (QED) is 0.545. The number of nitrogens with zero attached hydrogens (tertiary/aromatic N) is 1.